The molecule has 0 spiro atoms. The molecule has 1 N–H and O–H groups in total. The van der Waals surface area contributed by atoms with Gasteiger partial charge >= 0.3 is 0 Å². The van der Waals surface area contributed by atoms with Gasteiger partial charge in [0.1, 0.15) is 0 Å². The van der Waals surface area contributed by atoms with Crippen LogP contribution in [0.1, 0.15) is 11.3 Å². The van der Waals surface area contributed by atoms with Crippen LogP contribution in [0.4, 0.5) is 0 Å². The fourth-order valence-corrected chi connectivity index (χ4v) is 2.71. The number of hydrogen-bond donors (Lipinski definition) is 1. The number of aryl methyl sites for hydroxylation is 2. The molecule has 1 aromatic carbocycles. The molecule has 3 rings (SSSR count). The average Bonchev–Trinajstić information content (AvgIpc) is 2.65. The Kier molecular flexibility index (Phi) is 2.92. The fourth-order valence-electron chi connectivity index (χ4n) is 2.10. The summed E-state index contributed by atoms with van der Waals surface area (Å²) < 4.78 is 2.47. The van der Waals surface area contributed by atoms with E-state index >= 15 is 0 Å². The van der Waals surface area contributed by atoms with Gasteiger partial charge in [0.25, 0.3) is 0 Å². The molecule has 0 amide bonds. The number of aromatic amines is 1. The number of nitrogens with zero attached hydrogens (tertiary/aromatic N) is 2. The summed E-state index contributed by atoms with van der Waals surface area (Å²) in [5.74, 6) is 0. The van der Waals surface area contributed by atoms with Crippen LogP contribution in [0.2, 0.25) is 5.02 Å². The van der Waals surface area contributed by atoms with Gasteiger partial charge in [0.15, 0.2) is 10.4 Å². The summed E-state index contributed by atoms with van der Waals surface area (Å²) >= 11 is 11.7. The van der Waals surface area contributed by atoms with Gasteiger partial charge in [-0.05, 0) is 55.9 Å². The maximum absolute atomic E-state index is 6.32. The zero-order valence-electron chi connectivity index (χ0n) is 10.6. The summed E-state index contributed by atoms with van der Waals surface area (Å²) in [6, 6.07) is 9.83. The Labute approximate surface area is 120 Å². The lowest BCUT2D eigenvalue weighted by Crippen LogP contribution is -1.97. The van der Waals surface area contributed by atoms with Gasteiger partial charge in [-0.15, -0.1) is 0 Å². The number of aromatic nitrogens is 3. The summed E-state index contributed by atoms with van der Waals surface area (Å²) in [6.45, 7) is 3.96. The lowest BCUT2D eigenvalue weighted by Gasteiger charge is -2.07. The second kappa shape index (κ2) is 4.47. The van der Waals surface area contributed by atoms with Crippen LogP contribution < -0.4 is 0 Å². The third-order valence-corrected chi connectivity index (χ3v) is 3.60. The van der Waals surface area contributed by atoms with E-state index in [0.717, 1.165) is 28.1 Å². The topological polar surface area (TPSA) is 33.6 Å². The van der Waals surface area contributed by atoms with Gasteiger partial charge in [-0.1, -0.05) is 17.7 Å². The second-order valence-electron chi connectivity index (χ2n) is 4.54. The Bertz CT molecular complexity index is 832. The van der Waals surface area contributed by atoms with E-state index in [-0.39, 0.29) is 0 Å². The first-order chi connectivity index (χ1) is 9.06. The van der Waals surface area contributed by atoms with Crippen molar-refractivity contribution in [2.24, 2.45) is 0 Å². The Morgan fingerprint density at radius 3 is 2.74 bits per heavy atom. The number of hydrogen-bond acceptors (Lipinski definition) is 2. The van der Waals surface area contributed by atoms with Crippen molar-refractivity contribution in [1.82, 2.24) is 14.5 Å². The Balaban J connectivity index is 2.38. The second-order valence-corrected chi connectivity index (χ2v) is 5.34. The van der Waals surface area contributed by atoms with E-state index in [4.69, 9.17) is 23.8 Å². The molecule has 0 unspecified atom stereocenters. The molecular formula is C14H12ClN3S. The van der Waals surface area contributed by atoms with E-state index < -0.39 is 0 Å². The SMILES string of the molecule is Cc1ccc(-n2c(=S)[nH]c3ccc(C)nc32)c(Cl)c1. The minimum Gasteiger partial charge on any atom is -0.329 e. The number of H-pyrrole nitrogens is 1. The van der Waals surface area contributed by atoms with Gasteiger partial charge in [0, 0.05) is 5.69 Å². The zero-order chi connectivity index (χ0) is 13.6. The number of rotatable bonds is 1. The summed E-state index contributed by atoms with van der Waals surface area (Å²) in [7, 11) is 0. The molecule has 0 saturated carbocycles. The van der Waals surface area contributed by atoms with Gasteiger partial charge in [-0.3, -0.25) is 4.57 Å². The highest BCUT2D eigenvalue weighted by Crippen LogP contribution is 2.25. The van der Waals surface area contributed by atoms with Crippen molar-refractivity contribution in [2.75, 3.05) is 0 Å². The number of halogens is 1. The number of pyridine rings is 1. The van der Waals surface area contributed by atoms with E-state index in [2.05, 4.69) is 9.97 Å². The number of imidazole rings is 1. The molecule has 3 nitrogen and oxygen atoms in total. The van der Waals surface area contributed by atoms with Crippen molar-refractivity contribution in [2.45, 2.75) is 13.8 Å². The largest absolute Gasteiger partial charge is 0.329 e. The zero-order valence-corrected chi connectivity index (χ0v) is 12.1. The average molecular weight is 290 g/mol. The lowest BCUT2D eigenvalue weighted by atomic mass is 10.2. The maximum Gasteiger partial charge on any atom is 0.184 e. The fraction of sp³-hybridized carbons (Fsp3) is 0.143. The summed E-state index contributed by atoms with van der Waals surface area (Å²) in [4.78, 5) is 7.69. The van der Waals surface area contributed by atoms with Gasteiger partial charge in [0.05, 0.1) is 16.2 Å². The quantitative estimate of drug-likeness (QED) is 0.676. The van der Waals surface area contributed by atoms with Crippen LogP contribution >= 0.6 is 23.8 Å². The van der Waals surface area contributed by atoms with Gasteiger partial charge < -0.3 is 4.98 Å². The Morgan fingerprint density at radius 2 is 2.00 bits per heavy atom. The highest BCUT2D eigenvalue weighted by atomic mass is 35.5. The lowest BCUT2D eigenvalue weighted by molar-refractivity contribution is 1.03. The van der Waals surface area contributed by atoms with Crippen LogP contribution in [-0.4, -0.2) is 14.5 Å². The van der Waals surface area contributed by atoms with E-state index in [9.17, 15) is 0 Å². The Morgan fingerprint density at radius 1 is 1.21 bits per heavy atom. The minimum atomic E-state index is 0.596. The van der Waals surface area contributed by atoms with Crippen molar-refractivity contribution in [3.8, 4) is 5.69 Å². The number of nitrogens with one attached hydrogen (secondary N) is 1. The molecule has 0 aliphatic carbocycles. The summed E-state index contributed by atoms with van der Waals surface area (Å²) in [6.07, 6.45) is 0. The van der Waals surface area contributed by atoms with Gasteiger partial charge in [-0.2, -0.15) is 0 Å². The van der Waals surface area contributed by atoms with Crippen molar-refractivity contribution < 1.29 is 0 Å². The van der Waals surface area contributed by atoms with Crippen LogP contribution in [0.3, 0.4) is 0 Å². The third kappa shape index (κ3) is 2.07. The molecule has 0 aliphatic rings. The van der Waals surface area contributed by atoms with Crippen molar-refractivity contribution >= 4 is 35.0 Å². The van der Waals surface area contributed by atoms with Gasteiger partial charge in [-0.25, -0.2) is 4.98 Å². The molecular weight excluding hydrogens is 278 g/mol. The van der Waals surface area contributed by atoms with Crippen LogP contribution in [0.25, 0.3) is 16.9 Å². The molecule has 5 heteroatoms. The van der Waals surface area contributed by atoms with Gasteiger partial charge in [0.2, 0.25) is 0 Å². The molecule has 0 atom stereocenters. The molecule has 0 saturated heterocycles. The Hall–Kier alpha value is -1.65. The van der Waals surface area contributed by atoms with Crippen LogP contribution in [-0.2, 0) is 0 Å². The monoisotopic (exact) mass is 289 g/mol. The summed E-state index contributed by atoms with van der Waals surface area (Å²) in [5.41, 5.74) is 4.62. The van der Waals surface area contributed by atoms with Crippen molar-refractivity contribution in [3.63, 3.8) is 0 Å². The first kappa shape index (κ1) is 12.4. The molecule has 0 radical (unpaired) electrons. The van der Waals surface area contributed by atoms with Crippen LogP contribution in [0, 0.1) is 18.6 Å². The molecule has 96 valence electrons. The smallest absolute Gasteiger partial charge is 0.184 e. The predicted octanol–water partition coefficient (Wildman–Crippen LogP) is 4.35. The number of benzene rings is 1. The minimum absolute atomic E-state index is 0.596. The van der Waals surface area contributed by atoms with Crippen LogP contribution in [0.15, 0.2) is 30.3 Å². The highest BCUT2D eigenvalue weighted by molar-refractivity contribution is 7.71. The first-order valence-electron chi connectivity index (χ1n) is 5.91. The first-order valence-corrected chi connectivity index (χ1v) is 6.70. The van der Waals surface area contributed by atoms with E-state index in [1.807, 2.05) is 48.7 Å². The van der Waals surface area contributed by atoms with Crippen molar-refractivity contribution in [1.29, 1.82) is 0 Å². The third-order valence-electron chi connectivity index (χ3n) is 3.01. The molecule has 19 heavy (non-hydrogen) atoms. The molecule has 3 aromatic rings. The van der Waals surface area contributed by atoms with E-state index in [0.29, 0.717) is 9.79 Å². The predicted molar refractivity (Wildman–Crippen MR) is 80.7 cm³/mol. The molecule has 0 fully saturated rings. The standard InChI is InChI=1S/C14H12ClN3S/c1-8-3-6-12(10(15)7-8)18-13-11(17-14(18)19)5-4-9(2)16-13/h3-7H,1-2H3,(H,17,19). The van der Waals surface area contributed by atoms with E-state index in [1.165, 1.54) is 0 Å². The molecule has 2 heterocycles. The number of fused-ring (bicyclic) bond motifs is 1. The normalized spacial score (nSPS) is 11.1. The highest BCUT2D eigenvalue weighted by Gasteiger charge is 2.11. The molecule has 0 aliphatic heterocycles. The molecule has 0 bridgehead atoms. The van der Waals surface area contributed by atoms with E-state index in [1.54, 1.807) is 0 Å². The van der Waals surface area contributed by atoms with Crippen molar-refractivity contribution in [3.05, 3.63) is 51.4 Å². The maximum atomic E-state index is 6.32. The van der Waals surface area contributed by atoms with Crippen LogP contribution in [0.5, 0.6) is 0 Å². The molecule has 2 aromatic heterocycles. The summed E-state index contributed by atoms with van der Waals surface area (Å²) in [5, 5.41) is 0.667.